The summed E-state index contributed by atoms with van der Waals surface area (Å²) in [6, 6.07) is 4.18. The quantitative estimate of drug-likeness (QED) is 0.838. The fourth-order valence-electron chi connectivity index (χ4n) is 1.45. The lowest BCUT2D eigenvalue weighted by Crippen LogP contribution is -2.09. The highest BCUT2D eigenvalue weighted by atomic mass is 35.5. The molecular weight excluding hydrogens is 264 g/mol. The van der Waals surface area contributed by atoms with Crippen molar-refractivity contribution < 1.29 is 8.42 Å². The highest BCUT2D eigenvalue weighted by molar-refractivity contribution is 7.91. The van der Waals surface area contributed by atoms with E-state index in [-0.39, 0.29) is 27.0 Å². The summed E-state index contributed by atoms with van der Waals surface area (Å²) in [5.41, 5.74) is -0.117. The normalized spacial score (nSPS) is 11.9. The van der Waals surface area contributed by atoms with Crippen molar-refractivity contribution in [3.05, 3.63) is 33.8 Å². The maximum atomic E-state index is 11.7. The number of nitrogens with zero attached hydrogens (tertiary/aromatic N) is 1. The Hall–Kier alpha value is -1.40. The molecule has 0 amide bonds. The van der Waals surface area contributed by atoms with Crippen LogP contribution in [-0.2, 0) is 9.84 Å². The molecule has 0 bridgehead atoms. The third-order valence-electron chi connectivity index (χ3n) is 2.39. The smallest absolute Gasteiger partial charge is 0.259 e. The molecule has 0 aliphatic heterocycles. The SMILES string of the molecule is CCS(=O)(=O)c1ccc2c(=O)[nH]c(Cl)nc2c1. The lowest BCUT2D eigenvalue weighted by molar-refractivity contribution is 0.597. The Morgan fingerprint density at radius 3 is 2.76 bits per heavy atom. The lowest BCUT2D eigenvalue weighted by atomic mass is 10.2. The minimum atomic E-state index is -3.31. The molecule has 1 heterocycles. The lowest BCUT2D eigenvalue weighted by Gasteiger charge is -2.02. The van der Waals surface area contributed by atoms with Crippen molar-refractivity contribution in [3.8, 4) is 0 Å². The van der Waals surface area contributed by atoms with Crippen molar-refractivity contribution in [2.45, 2.75) is 11.8 Å². The van der Waals surface area contributed by atoms with E-state index in [9.17, 15) is 13.2 Å². The molecule has 0 fully saturated rings. The van der Waals surface area contributed by atoms with Crippen LogP contribution in [-0.4, -0.2) is 24.1 Å². The molecule has 1 aromatic carbocycles. The van der Waals surface area contributed by atoms with Crippen molar-refractivity contribution in [1.29, 1.82) is 0 Å². The predicted molar refractivity (Wildman–Crippen MR) is 65.1 cm³/mol. The van der Waals surface area contributed by atoms with Crippen LogP contribution in [0.4, 0.5) is 0 Å². The molecule has 0 spiro atoms. The van der Waals surface area contributed by atoms with Crippen molar-refractivity contribution >= 4 is 32.3 Å². The molecule has 90 valence electrons. The highest BCUT2D eigenvalue weighted by Gasteiger charge is 2.13. The third kappa shape index (κ3) is 2.18. The number of H-pyrrole nitrogens is 1. The Bertz CT molecular complexity index is 737. The average molecular weight is 273 g/mol. The van der Waals surface area contributed by atoms with Gasteiger partial charge in [-0.15, -0.1) is 0 Å². The van der Waals surface area contributed by atoms with E-state index in [0.717, 1.165) is 0 Å². The summed E-state index contributed by atoms with van der Waals surface area (Å²) in [4.78, 5) is 17.9. The van der Waals surface area contributed by atoms with Gasteiger partial charge in [-0.2, -0.15) is 0 Å². The number of benzene rings is 1. The largest absolute Gasteiger partial charge is 0.297 e. The van der Waals surface area contributed by atoms with Crippen LogP contribution in [0.25, 0.3) is 10.9 Å². The summed E-state index contributed by atoms with van der Waals surface area (Å²) in [6.45, 7) is 1.55. The van der Waals surface area contributed by atoms with Gasteiger partial charge in [0.1, 0.15) is 0 Å². The Morgan fingerprint density at radius 2 is 2.12 bits per heavy atom. The molecule has 0 atom stereocenters. The van der Waals surface area contributed by atoms with Gasteiger partial charge in [0.15, 0.2) is 9.84 Å². The topological polar surface area (TPSA) is 79.9 Å². The zero-order valence-electron chi connectivity index (χ0n) is 8.90. The van der Waals surface area contributed by atoms with Crippen molar-refractivity contribution in [2.24, 2.45) is 0 Å². The van der Waals surface area contributed by atoms with Crippen molar-refractivity contribution in [1.82, 2.24) is 9.97 Å². The molecule has 0 unspecified atom stereocenters. The molecule has 17 heavy (non-hydrogen) atoms. The Balaban J connectivity index is 2.79. The number of halogens is 1. The van der Waals surface area contributed by atoms with Crippen LogP contribution >= 0.6 is 11.6 Å². The maximum Gasteiger partial charge on any atom is 0.259 e. The first-order valence-electron chi connectivity index (χ1n) is 4.86. The summed E-state index contributed by atoms with van der Waals surface area (Å²) in [5.74, 6) is -0.00453. The second kappa shape index (κ2) is 4.12. The zero-order valence-corrected chi connectivity index (χ0v) is 10.5. The monoisotopic (exact) mass is 272 g/mol. The van der Waals surface area contributed by atoms with Crippen molar-refractivity contribution in [3.63, 3.8) is 0 Å². The number of rotatable bonds is 2. The van der Waals surface area contributed by atoms with Gasteiger partial charge >= 0.3 is 0 Å². The van der Waals surface area contributed by atoms with E-state index in [2.05, 4.69) is 9.97 Å². The number of hydrogen-bond acceptors (Lipinski definition) is 4. The van der Waals surface area contributed by atoms with Crippen LogP contribution in [0, 0.1) is 0 Å². The van der Waals surface area contributed by atoms with Gasteiger partial charge in [-0.3, -0.25) is 9.78 Å². The first-order chi connectivity index (χ1) is 7.94. The van der Waals surface area contributed by atoms with E-state index in [1.54, 1.807) is 6.92 Å². The first kappa shape index (κ1) is 12.1. The molecule has 0 saturated heterocycles. The van der Waals surface area contributed by atoms with Gasteiger partial charge < -0.3 is 0 Å². The Morgan fingerprint density at radius 1 is 1.41 bits per heavy atom. The van der Waals surface area contributed by atoms with Gasteiger partial charge in [0, 0.05) is 0 Å². The van der Waals surface area contributed by atoms with Gasteiger partial charge in [-0.1, -0.05) is 6.92 Å². The Kier molecular flexibility index (Phi) is 2.92. The molecule has 1 aromatic heterocycles. The van der Waals surface area contributed by atoms with Crippen LogP contribution in [0.2, 0.25) is 5.28 Å². The number of aromatic amines is 1. The number of nitrogens with one attached hydrogen (secondary N) is 1. The van der Waals surface area contributed by atoms with E-state index in [1.807, 2.05) is 0 Å². The molecule has 1 N–H and O–H groups in total. The van der Waals surface area contributed by atoms with Crippen LogP contribution < -0.4 is 5.56 Å². The summed E-state index contributed by atoms with van der Waals surface area (Å²) < 4.78 is 23.3. The predicted octanol–water partition coefficient (Wildman–Crippen LogP) is 1.37. The van der Waals surface area contributed by atoms with Crippen LogP contribution in [0.3, 0.4) is 0 Å². The molecular formula is C10H9ClN2O3S. The number of fused-ring (bicyclic) bond motifs is 1. The molecule has 0 aliphatic carbocycles. The maximum absolute atomic E-state index is 11.7. The molecule has 5 nitrogen and oxygen atoms in total. The van der Waals surface area contributed by atoms with Gasteiger partial charge in [-0.05, 0) is 29.8 Å². The van der Waals surface area contributed by atoms with Gasteiger partial charge in [-0.25, -0.2) is 13.4 Å². The summed E-state index contributed by atoms with van der Waals surface area (Å²) in [5, 5.41) is 0.248. The highest BCUT2D eigenvalue weighted by Crippen LogP contribution is 2.17. The number of hydrogen-bond donors (Lipinski definition) is 1. The first-order valence-corrected chi connectivity index (χ1v) is 6.89. The number of aromatic nitrogens is 2. The van der Waals surface area contributed by atoms with Crippen LogP contribution in [0.1, 0.15) is 6.92 Å². The van der Waals surface area contributed by atoms with E-state index >= 15 is 0 Å². The summed E-state index contributed by atoms with van der Waals surface area (Å²) in [7, 11) is -3.31. The number of sulfone groups is 1. The van der Waals surface area contributed by atoms with Gasteiger partial charge in [0.2, 0.25) is 5.28 Å². The molecule has 2 rings (SSSR count). The molecule has 0 saturated carbocycles. The van der Waals surface area contributed by atoms with E-state index in [4.69, 9.17) is 11.6 Å². The van der Waals surface area contributed by atoms with E-state index in [0.29, 0.717) is 5.39 Å². The van der Waals surface area contributed by atoms with Crippen LogP contribution in [0.15, 0.2) is 27.9 Å². The molecule has 0 radical (unpaired) electrons. The fourth-order valence-corrected chi connectivity index (χ4v) is 2.53. The molecule has 7 heteroatoms. The van der Waals surface area contributed by atoms with E-state index < -0.39 is 9.84 Å². The average Bonchev–Trinajstić information content (AvgIpc) is 2.28. The third-order valence-corrected chi connectivity index (χ3v) is 4.30. The van der Waals surface area contributed by atoms with E-state index in [1.165, 1.54) is 18.2 Å². The second-order valence-corrected chi connectivity index (χ2v) is 6.08. The summed E-state index contributed by atoms with van der Waals surface area (Å²) >= 11 is 5.61. The molecule has 0 aliphatic rings. The fraction of sp³-hybridized carbons (Fsp3) is 0.200. The van der Waals surface area contributed by atoms with Crippen molar-refractivity contribution in [2.75, 3.05) is 5.75 Å². The minimum absolute atomic E-state index is 0.00453. The Labute approximate surface area is 102 Å². The zero-order chi connectivity index (χ0) is 12.6. The van der Waals surface area contributed by atoms with Gasteiger partial charge in [0.25, 0.3) is 5.56 Å². The van der Waals surface area contributed by atoms with Gasteiger partial charge in [0.05, 0.1) is 21.6 Å². The minimum Gasteiger partial charge on any atom is -0.297 e. The standard InChI is InChI=1S/C10H9ClN2O3S/c1-2-17(15,16)6-3-4-7-8(5-6)12-10(11)13-9(7)14/h3-5H,2H2,1H3,(H,12,13,14). The second-order valence-electron chi connectivity index (χ2n) is 3.44. The van der Waals surface area contributed by atoms with Crippen LogP contribution in [0.5, 0.6) is 0 Å². The summed E-state index contributed by atoms with van der Waals surface area (Å²) in [6.07, 6.45) is 0. The molecule has 2 aromatic rings.